The summed E-state index contributed by atoms with van der Waals surface area (Å²) in [5.41, 5.74) is 5.48. The van der Waals surface area contributed by atoms with Crippen molar-refractivity contribution in [1.82, 2.24) is 0 Å². The van der Waals surface area contributed by atoms with Crippen LogP contribution in [0.1, 0.15) is 39.5 Å². The summed E-state index contributed by atoms with van der Waals surface area (Å²) in [6.07, 6.45) is 0. The van der Waals surface area contributed by atoms with E-state index in [1.54, 1.807) is 6.07 Å². The van der Waals surface area contributed by atoms with Gasteiger partial charge in [-0.2, -0.15) is 0 Å². The number of amides is 1. The van der Waals surface area contributed by atoms with Gasteiger partial charge in [-0.3, -0.25) is 4.79 Å². The lowest BCUT2D eigenvalue weighted by Crippen LogP contribution is -2.13. The Morgan fingerprint density at radius 3 is 2.28 bits per heavy atom. The van der Waals surface area contributed by atoms with Gasteiger partial charge in [0, 0.05) is 16.8 Å². The van der Waals surface area contributed by atoms with Gasteiger partial charge in [-0.1, -0.05) is 24.3 Å². The van der Waals surface area contributed by atoms with E-state index in [9.17, 15) is 4.79 Å². The van der Waals surface area contributed by atoms with E-state index < -0.39 is 0 Å². The van der Waals surface area contributed by atoms with E-state index in [-0.39, 0.29) is 5.91 Å². The number of carbonyl (C=O) groups is 1. The van der Waals surface area contributed by atoms with Crippen molar-refractivity contribution in [3.63, 3.8) is 0 Å². The standard InChI is InChI=1S/C25H27NO3/c1-5-28-24-11-10-20(25(27)26-22-13-17(2)12-18(3)14-22)15-21(24)16-29-23-9-7-6-8-19(23)4/h6-15H,5,16H2,1-4H3,(H,26,27). The highest BCUT2D eigenvalue weighted by Crippen LogP contribution is 2.25. The molecular weight excluding hydrogens is 362 g/mol. The molecule has 1 N–H and O–H groups in total. The van der Waals surface area contributed by atoms with Gasteiger partial charge in [-0.05, 0) is 80.8 Å². The highest BCUT2D eigenvalue weighted by Gasteiger charge is 2.12. The molecule has 4 heteroatoms. The summed E-state index contributed by atoms with van der Waals surface area (Å²) >= 11 is 0. The third kappa shape index (κ3) is 5.38. The molecule has 0 aromatic heterocycles. The summed E-state index contributed by atoms with van der Waals surface area (Å²) in [5, 5.41) is 2.98. The number of rotatable bonds is 7. The summed E-state index contributed by atoms with van der Waals surface area (Å²) in [6.45, 7) is 8.84. The van der Waals surface area contributed by atoms with Gasteiger partial charge >= 0.3 is 0 Å². The first-order valence-electron chi connectivity index (χ1n) is 9.80. The molecule has 0 saturated carbocycles. The van der Waals surface area contributed by atoms with Crippen molar-refractivity contribution in [3.05, 3.63) is 88.5 Å². The molecule has 1 amide bonds. The minimum Gasteiger partial charge on any atom is -0.493 e. The van der Waals surface area contributed by atoms with Crippen LogP contribution in [0.25, 0.3) is 0 Å². The first-order chi connectivity index (χ1) is 14.0. The topological polar surface area (TPSA) is 47.6 Å². The van der Waals surface area contributed by atoms with Crippen LogP contribution < -0.4 is 14.8 Å². The van der Waals surface area contributed by atoms with Crippen LogP contribution in [0.5, 0.6) is 11.5 Å². The zero-order valence-electron chi connectivity index (χ0n) is 17.4. The van der Waals surface area contributed by atoms with Gasteiger partial charge in [0.05, 0.1) is 6.61 Å². The van der Waals surface area contributed by atoms with Crippen LogP contribution in [0, 0.1) is 20.8 Å². The van der Waals surface area contributed by atoms with Crippen molar-refractivity contribution in [2.75, 3.05) is 11.9 Å². The molecule has 4 nitrogen and oxygen atoms in total. The van der Waals surface area contributed by atoms with E-state index in [2.05, 4.69) is 11.4 Å². The molecular formula is C25H27NO3. The summed E-state index contributed by atoms with van der Waals surface area (Å²) in [4.78, 5) is 12.8. The summed E-state index contributed by atoms with van der Waals surface area (Å²) in [6, 6.07) is 19.3. The number of hydrogen-bond donors (Lipinski definition) is 1. The normalized spacial score (nSPS) is 10.5. The highest BCUT2D eigenvalue weighted by atomic mass is 16.5. The molecule has 3 rings (SSSR count). The van der Waals surface area contributed by atoms with Gasteiger partial charge in [0.2, 0.25) is 0 Å². The average molecular weight is 389 g/mol. The molecule has 3 aromatic rings. The number of aryl methyl sites for hydroxylation is 3. The van der Waals surface area contributed by atoms with E-state index in [1.807, 2.05) is 76.2 Å². The summed E-state index contributed by atoms with van der Waals surface area (Å²) in [5.74, 6) is 1.39. The monoisotopic (exact) mass is 389 g/mol. The number of hydrogen-bond acceptors (Lipinski definition) is 3. The third-order valence-electron chi connectivity index (χ3n) is 4.58. The van der Waals surface area contributed by atoms with Crippen LogP contribution in [0.2, 0.25) is 0 Å². The van der Waals surface area contributed by atoms with Crippen molar-refractivity contribution in [1.29, 1.82) is 0 Å². The lowest BCUT2D eigenvalue weighted by atomic mass is 10.1. The maximum absolute atomic E-state index is 12.8. The van der Waals surface area contributed by atoms with Crippen LogP contribution in [0.3, 0.4) is 0 Å². The average Bonchev–Trinajstić information content (AvgIpc) is 2.67. The lowest BCUT2D eigenvalue weighted by molar-refractivity contribution is 0.102. The fourth-order valence-corrected chi connectivity index (χ4v) is 3.25. The Labute approximate surface area is 172 Å². The number of nitrogens with one attached hydrogen (secondary N) is 1. The van der Waals surface area contributed by atoms with Gasteiger partial charge in [0.25, 0.3) is 5.91 Å². The zero-order valence-corrected chi connectivity index (χ0v) is 17.4. The van der Waals surface area contributed by atoms with Crippen molar-refractivity contribution >= 4 is 11.6 Å². The first kappa shape index (κ1) is 20.5. The Kier molecular flexibility index (Phi) is 6.55. The molecule has 0 aliphatic rings. The van der Waals surface area contributed by atoms with E-state index >= 15 is 0 Å². The van der Waals surface area contributed by atoms with Gasteiger partial charge in [-0.15, -0.1) is 0 Å². The highest BCUT2D eigenvalue weighted by molar-refractivity contribution is 6.04. The first-order valence-corrected chi connectivity index (χ1v) is 9.80. The molecule has 0 fully saturated rings. The number of anilines is 1. The molecule has 3 aromatic carbocycles. The van der Waals surface area contributed by atoms with Gasteiger partial charge in [-0.25, -0.2) is 0 Å². The zero-order chi connectivity index (χ0) is 20.8. The largest absolute Gasteiger partial charge is 0.493 e. The molecule has 0 aliphatic heterocycles. The van der Waals surface area contributed by atoms with Crippen molar-refractivity contribution in [2.24, 2.45) is 0 Å². The summed E-state index contributed by atoms with van der Waals surface area (Å²) in [7, 11) is 0. The molecule has 0 heterocycles. The third-order valence-corrected chi connectivity index (χ3v) is 4.58. The maximum atomic E-state index is 12.8. The number of ether oxygens (including phenoxy) is 2. The van der Waals surface area contributed by atoms with Crippen molar-refractivity contribution in [2.45, 2.75) is 34.3 Å². The molecule has 0 spiro atoms. The molecule has 0 radical (unpaired) electrons. The predicted octanol–water partition coefficient (Wildman–Crippen LogP) is 5.84. The molecule has 0 bridgehead atoms. The molecule has 0 aliphatic carbocycles. The Balaban J connectivity index is 1.81. The SMILES string of the molecule is CCOc1ccc(C(=O)Nc2cc(C)cc(C)c2)cc1COc1ccccc1C. The molecule has 29 heavy (non-hydrogen) atoms. The predicted molar refractivity (Wildman–Crippen MR) is 117 cm³/mol. The second-order valence-electron chi connectivity index (χ2n) is 7.14. The number of para-hydroxylation sites is 1. The minimum absolute atomic E-state index is 0.157. The van der Waals surface area contributed by atoms with Crippen LogP contribution in [-0.2, 0) is 6.61 Å². The van der Waals surface area contributed by atoms with E-state index in [4.69, 9.17) is 9.47 Å². The van der Waals surface area contributed by atoms with Crippen molar-refractivity contribution in [3.8, 4) is 11.5 Å². The van der Waals surface area contributed by atoms with Gasteiger partial charge < -0.3 is 14.8 Å². The quantitative estimate of drug-likeness (QED) is 0.552. The Morgan fingerprint density at radius 1 is 0.862 bits per heavy atom. The minimum atomic E-state index is -0.157. The molecule has 150 valence electrons. The van der Waals surface area contributed by atoms with E-state index in [0.29, 0.717) is 18.8 Å². The second kappa shape index (κ2) is 9.28. The fraction of sp³-hybridized carbons (Fsp3) is 0.240. The maximum Gasteiger partial charge on any atom is 0.255 e. The Bertz CT molecular complexity index is 990. The Morgan fingerprint density at radius 2 is 1.59 bits per heavy atom. The second-order valence-corrected chi connectivity index (χ2v) is 7.14. The smallest absolute Gasteiger partial charge is 0.255 e. The van der Waals surface area contributed by atoms with Gasteiger partial charge in [0.1, 0.15) is 18.1 Å². The van der Waals surface area contributed by atoms with Gasteiger partial charge in [0.15, 0.2) is 0 Å². The van der Waals surface area contributed by atoms with E-state index in [1.165, 1.54) is 0 Å². The van der Waals surface area contributed by atoms with E-state index in [0.717, 1.165) is 39.4 Å². The van der Waals surface area contributed by atoms with Crippen LogP contribution in [0.15, 0.2) is 60.7 Å². The number of carbonyl (C=O) groups excluding carboxylic acids is 1. The van der Waals surface area contributed by atoms with Crippen LogP contribution in [-0.4, -0.2) is 12.5 Å². The molecule has 0 unspecified atom stereocenters. The fourth-order valence-electron chi connectivity index (χ4n) is 3.25. The van der Waals surface area contributed by atoms with Crippen molar-refractivity contribution < 1.29 is 14.3 Å². The Hall–Kier alpha value is -3.27. The molecule has 0 atom stereocenters. The number of benzene rings is 3. The lowest BCUT2D eigenvalue weighted by Gasteiger charge is -2.14. The van der Waals surface area contributed by atoms with Crippen LogP contribution >= 0.6 is 0 Å². The van der Waals surface area contributed by atoms with Crippen LogP contribution in [0.4, 0.5) is 5.69 Å². The molecule has 0 saturated heterocycles. The summed E-state index contributed by atoms with van der Waals surface area (Å²) < 4.78 is 11.7.